The van der Waals surface area contributed by atoms with Crippen LogP contribution in [0.4, 0.5) is 0 Å². The maximum atomic E-state index is 5.19. The van der Waals surface area contributed by atoms with E-state index in [1.54, 1.807) is 21.3 Å². The molecule has 0 aromatic heterocycles. The third kappa shape index (κ3) is 5.89. The van der Waals surface area contributed by atoms with Gasteiger partial charge in [0.15, 0.2) is 0 Å². The van der Waals surface area contributed by atoms with E-state index in [1.807, 2.05) is 20.8 Å². The summed E-state index contributed by atoms with van der Waals surface area (Å²) in [6.07, 6.45) is 0. The maximum Gasteiger partial charge on any atom is 0.502 e. The van der Waals surface area contributed by atoms with Crippen molar-refractivity contribution in [1.82, 2.24) is 0 Å². The summed E-state index contributed by atoms with van der Waals surface area (Å²) in [5.41, 5.74) is 0.312. The molecule has 0 amide bonds. The third-order valence-electron chi connectivity index (χ3n) is 1.85. The minimum absolute atomic E-state index is 0.312. The van der Waals surface area contributed by atoms with Gasteiger partial charge in [-0.1, -0.05) is 13.8 Å². The van der Waals surface area contributed by atoms with Crippen LogP contribution in [0.2, 0.25) is 5.54 Å². The Morgan fingerprint density at radius 1 is 1.07 bits per heavy atom. The maximum absolute atomic E-state index is 5.19. The van der Waals surface area contributed by atoms with E-state index in [1.165, 1.54) is 0 Å². The van der Waals surface area contributed by atoms with Crippen molar-refractivity contribution in [3.05, 3.63) is 0 Å². The van der Waals surface area contributed by atoms with E-state index in [-0.39, 0.29) is 0 Å². The third-order valence-corrected chi connectivity index (χ3v) is 5.55. The van der Waals surface area contributed by atoms with E-state index >= 15 is 0 Å². The van der Waals surface area contributed by atoms with Gasteiger partial charge in [0.25, 0.3) is 0 Å². The molecule has 0 unspecified atom stereocenters. The van der Waals surface area contributed by atoms with Crippen molar-refractivity contribution in [1.29, 1.82) is 0 Å². The number of hydrogen-bond donors (Lipinski definition) is 0. The summed E-state index contributed by atoms with van der Waals surface area (Å²) in [5, 5.41) is 0. The van der Waals surface area contributed by atoms with E-state index in [2.05, 4.69) is 4.43 Å². The summed E-state index contributed by atoms with van der Waals surface area (Å²) in [6.45, 7) is 6.94. The van der Waals surface area contributed by atoms with Crippen molar-refractivity contribution in [2.75, 3.05) is 27.9 Å². The highest BCUT2D eigenvalue weighted by molar-refractivity contribution is 6.62. The lowest BCUT2D eigenvalue weighted by Gasteiger charge is -2.27. The predicted octanol–water partition coefficient (Wildman–Crippen LogP) is 0.578. The summed E-state index contributed by atoms with van der Waals surface area (Å²) in [6, 6.07) is 0. The van der Waals surface area contributed by atoms with Crippen molar-refractivity contribution < 1.29 is 17.7 Å². The minimum Gasteiger partial charge on any atom is -0.428 e. The Morgan fingerprint density at radius 3 is 1.36 bits per heavy atom. The fraction of sp³-hybridized carbons (Fsp3) is 1.00. The van der Waals surface area contributed by atoms with Crippen LogP contribution in [0.3, 0.4) is 0 Å². The standard InChI is InChI=1S/C6H16O3Si.C2H8OSi/c1-6(2)10(7-3,8-4)9-5;1-2-3-4/h6H,1-5H3;2H2,1,4H3. The van der Waals surface area contributed by atoms with Crippen LogP contribution in [0, 0.1) is 0 Å². The van der Waals surface area contributed by atoms with Crippen LogP contribution in [0.15, 0.2) is 0 Å². The zero-order valence-electron chi connectivity index (χ0n) is 10.4. The van der Waals surface area contributed by atoms with Gasteiger partial charge in [0.1, 0.15) is 10.5 Å². The van der Waals surface area contributed by atoms with E-state index in [4.69, 9.17) is 13.3 Å². The molecule has 0 N–H and O–H groups in total. The van der Waals surface area contributed by atoms with Crippen LogP contribution in [0.25, 0.3) is 0 Å². The highest BCUT2D eigenvalue weighted by atomic mass is 28.4. The SMILES string of the molecule is CCO[SiH3].CO[Si](OC)(OC)C(C)C. The van der Waals surface area contributed by atoms with Crippen LogP contribution in [0.5, 0.6) is 0 Å². The average molecular weight is 240 g/mol. The molecule has 0 aromatic rings. The fourth-order valence-electron chi connectivity index (χ4n) is 0.957. The molecule has 4 nitrogen and oxygen atoms in total. The molecule has 6 heteroatoms. The molecule has 0 rings (SSSR count). The molecule has 0 fully saturated rings. The van der Waals surface area contributed by atoms with Crippen LogP contribution in [0.1, 0.15) is 20.8 Å². The first kappa shape index (κ1) is 16.7. The van der Waals surface area contributed by atoms with Crippen molar-refractivity contribution in [2.45, 2.75) is 26.3 Å². The Kier molecular flexibility index (Phi) is 11.7. The summed E-state index contributed by atoms with van der Waals surface area (Å²) >= 11 is 0. The summed E-state index contributed by atoms with van der Waals surface area (Å²) in [5.74, 6) is 0. The second-order valence-electron chi connectivity index (χ2n) is 2.95. The Balaban J connectivity index is 0. The van der Waals surface area contributed by atoms with E-state index in [9.17, 15) is 0 Å². The predicted molar refractivity (Wildman–Crippen MR) is 63.4 cm³/mol. The quantitative estimate of drug-likeness (QED) is 0.659. The Bertz CT molecular complexity index is 108. The Labute approximate surface area is 91.8 Å². The van der Waals surface area contributed by atoms with Gasteiger partial charge in [-0.05, 0) is 6.92 Å². The lowest BCUT2D eigenvalue weighted by Crippen LogP contribution is -2.45. The molecule has 0 aliphatic carbocycles. The van der Waals surface area contributed by atoms with Gasteiger partial charge in [-0.25, -0.2) is 0 Å². The zero-order valence-corrected chi connectivity index (χ0v) is 13.4. The van der Waals surface area contributed by atoms with Gasteiger partial charge in [-0.3, -0.25) is 0 Å². The second kappa shape index (κ2) is 9.81. The lowest BCUT2D eigenvalue weighted by atomic mass is 10.6. The summed E-state index contributed by atoms with van der Waals surface area (Å²) < 4.78 is 20.3. The Morgan fingerprint density at radius 2 is 1.36 bits per heavy atom. The van der Waals surface area contributed by atoms with Crippen LogP contribution in [-0.4, -0.2) is 47.2 Å². The van der Waals surface area contributed by atoms with Crippen LogP contribution >= 0.6 is 0 Å². The molecule has 0 aromatic carbocycles. The zero-order chi connectivity index (χ0) is 11.6. The van der Waals surface area contributed by atoms with Gasteiger partial charge >= 0.3 is 8.80 Å². The molecule has 0 heterocycles. The van der Waals surface area contributed by atoms with Gasteiger partial charge in [0.05, 0.1) is 0 Å². The average Bonchev–Trinajstić information content (AvgIpc) is 2.21. The van der Waals surface area contributed by atoms with Crippen LogP contribution in [-0.2, 0) is 17.7 Å². The summed E-state index contributed by atoms with van der Waals surface area (Å²) in [4.78, 5) is 0. The van der Waals surface area contributed by atoms with E-state index < -0.39 is 8.80 Å². The second-order valence-corrected chi connectivity index (χ2v) is 7.11. The van der Waals surface area contributed by atoms with Crippen molar-refractivity contribution in [3.63, 3.8) is 0 Å². The summed E-state index contributed by atoms with van der Waals surface area (Å²) in [7, 11) is 3.47. The van der Waals surface area contributed by atoms with Gasteiger partial charge in [0, 0.05) is 33.5 Å². The largest absolute Gasteiger partial charge is 0.502 e. The molecule has 0 spiro atoms. The van der Waals surface area contributed by atoms with E-state index in [0.29, 0.717) is 5.54 Å². The highest BCUT2D eigenvalue weighted by Gasteiger charge is 2.41. The van der Waals surface area contributed by atoms with Crippen LogP contribution < -0.4 is 0 Å². The first-order valence-corrected chi connectivity index (χ1v) is 7.30. The fourth-order valence-corrected chi connectivity index (χ4v) is 2.87. The first-order valence-electron chi connectivity index (χ1n) is 4.68. The van der Waals surface area contributed by atoms with Gasteiger partial charge in [0.2, 0.25) is 0 Å². The lowest BCUT2D eigenvalue weighted by molar-refractivity contribution is 0.115. The molecular formula is C8H24O4Si2. The van der Waals surface area contributed by atoms with Crippen molar-refractivity contribution in [3.8, 4) is 0 Å². The molecule has 14 heavy (non-hydrogen) atoms. The smallest absolute Gasteiger partial charge is 0.428 e. The monoisotopic (exact) mass is 240 g/mol. The molecule has 0 bridgehead atoms. The van der Waals surface area contributed by atoms with Gasteiger partial charge in [-0.2, -0.15) is 0 Å². The molecule has 0 radical (unpaired) electrons. The molecule has 88 valence electrons. The molecular weight excluding hydrogens is 216 g/mol. The molecule has 0 aliphatic rings. The van der Waals surface area contributed by atoms with E-state index in [0.717, 1.165) is 17.1 Å². The highest BCUT2D eigenvalue weighted by Crippen LogP contribution is 2.21. The minimum atomic E-state index is -2.29. The van der Waals surface area contributed by atoms with Crippen molar-refractivity contribution in [2.24, 2.45) is 0 Å². The number of rotatable bonds is 5. The first-order chi connectivity index (χ1) is 6.54. The Hall–Kier alpha value is 0.274. The van der Waals surface area contributed by atoms with Gasteiger partial charge < -0.3 is 17.7 Å². The van der Waals surface area contributed by atoms with Gasteiger partial charge in [-0.15, -0.1) is 0 Å². The topological polar surface area (TPSA) is 36.9 Å². The molecule has 0 aliphatic heterocycles. The molecule has 0 saturated heterocycles. The normalized spacial score (nSPS) is 11.4. The molecule has 0 atom stereocenters. The number of hydrogen-bond acceptors (Lipinski definition) is 4. The van der Waals surface area contributed by atoms with Crippen molar-refractivity contribution >= 4 is 19.3 Å². The molecule has 0 saturated carbocycles.